The van der Waals surface area contributed by atoms with Crippen molar-refractivity contribution in [1.29, 1.82) is 0 Å². The Morgan fingerprint density at radius 1 is 1.05 bits per heavy atom. The van der Waals surface area contributed by atoms with Crippen LogP contribution in [0.5, 0.6) is 0 Å². The first kappa shape index (κ1) is 34.4. The topological polar surface area (TPSA) is 121 Å². The van der Waals surface area contributed by atoms with E-state index in [0.29, 0.717) is 18.4 Å². The fourth-order valence-corrected chi connectivity index (χ4v) is 7.50. The number of Topliss-reactive ketones (excluding diaryl/α,β-unsaturated/α-hetero) is 3. The summed E-state index contributed by atoms with van der Waals surface area (Å²) in [6.07, 6.45) is 3.24. The van der Waals surface area contributed by atoms with Gasteiger partial charge < -0.3 is 20.1 Å². The van der Waals surface area contributed by atoms with Crippen LogP contribution in [0.3, 0.4) is 0 Å². The van der Waals surface area contributed by atoms with E-state index < -0.39 is 57.3 Å². The standard InChI is InChI=1S/C35H54O7/c1-20(2)12-13-24-28(38)34(17-14-21(3)4)19-23(18-25(36)31(7,8)40)33(11)16-15-26(32(9,10)41)42-29(24)35(33,30(34)39)27(37)22(5)6/h12,14,22-23,25-26,36,40-41H,13,15-19H2,1-11H3/t23-,25-,26-,33+,34+,35-/m0/s1. The van der Waals surface area contributed by atoms with Crippen molar-refractivity contribution in [3.8, 4) is 0 Å². The molecule has 7 heteroatoms. The smallest absolute Gasteiger partial charge is 0.176 e. The van der Waals surface area contributed by atoms with Crippen LogP contribution in [0.1, 0.15) is 115 Å². The molecule has 6 atom stereocenters. The quantitative estimate of drug-likeness (QED) is 0.218. The van der Waals surface area contributed by atoms with Crippen LogP contribution in [0.2, 0.25) is 0 Å². The zero-order chi connectivity index (χ0) is 32.2. The summed E-state index contributed by atoms with van der Waals surface area (Å²) < 4.78 is 6.66. The highest BCUT2D eigenvalue weighted by Gasteiger charge is 2.77. The van der Waals surface area contributed by atoms with Crippen LogP contribution in [-0.2, 0) is 19.1 Å². The zero-order valence-corrected chi connectivity index (χ0v) is 27.7. The summed E-state index contributed by atoms with van der Waals surface area (Å²) in [6.45, 7) is 19.5. The molecule has 3 aliphatic rings. The van der Waals surface area contributed by atoms with Gasteiger partial charge in [0, 0.05) is 11.5 Å². The normalized spacial score (nSPS) is 32.3. The fraction of sp³-hybridized carbons (Fsp3) is 0.743. The zero-order valence-electron chi connectivity index (χ0n) is 27.7. The third kappa shape index (κ3) is 5.50. The van der Waals surface area contributed by atoms with Crippen molar-refractivity contribution in [3.05, 3.63) is 34.6 Å². The predicted molar refractivity (Wildman–Crippen MR) is 163 cm³/mol. The van der Waals surface area contributed by atoms with E-state index in [1.165, 1.54) is 13.8 Å². The SMILES string of the molecule is CC(C)=CCC1=C2O[C@H](C(C)(C)O)CC[C@]3(C)[C@@H](C[C@H](O)C(C)(C)O)C[C@](CC=C(C)C)(C1=O)C(=O)[C@]23C(=O)C(C)C. The summed E-state index contributed by atoms with van der Waals surface area (Å²) in [5.41, 5.74) is -4.81. The summed E-state index contributed by atoms with van der Waals surface area (Å²) in [6, 6.07) is 0. The molecule has 0 spiro atoms. The van der Waals surface area contributed by atoms with Gasteiger partial charge in [-0.2, -0.15) is 0 Å². The number of aliphatic hydroxyl groups excluding tert-OH is 1. The molecule has 1 aliphatic heterocycles. The molecule has 1 saturated carbocycles. The number of rotatable bonds is 10. The average molecular weight is 587 g/mol. The van der Waals surface area contributed by atoms with Gasteiger partial charge in [-0.05, 0) is 105 Å². The molecule has 0 aromatic heterocycles. The van der Waals surface area contributed by atoms with Crippen LogP contribution in [0.25, 0.3) is 0 Å². The molecule has 0 aromatic rings. The maximum Gasteiger partial charge on any atom is 0.176 e. The summed E-state index contributed by atoms with van der Waals surface area (Å²) in [4.78, 5) is 44.9. The molecule has 2 fully saturated rings. The number of allylic oxidation sites excluding steroid dienone is 6. The van der Waals surface area contributed by atoms with Crippen LogP contribution < -0.4 is 0 Å². The van der Waals surface area contributed by atoms with Gasteiger partial charge in [0.2, 0.25) is 0 Å². The van der Waals surface area contributed by atoms with Crippen LogP contribution in [0.4, 0.5) is 0 Å². The number of aliphatic hydroxyl groups is 3. The molecule has 0 unspecified atom stereocenters. The highest BCUT2D eigenvalue weighted by atomic mass is 16.5. The first-order chi connectivity index (χ1) is 19.1. The minimum absolute atomic E-state index is 0.0936. The Morgan fingerprint density at radius 2 is 1.62 bits per heavy atom. The molecule has 2 bridgehead atoms. The molecular weight excluding hydrogens is 532 g/mol. The van der Waals surface area contributed by atoms with Gasteiger partial charge in [-0.25, -0.2) is 0 Å². The van der Waals surface area contributed by atoms with E-state index in [4.69, 9.17) is 4.74 Å². The first-order valence-electron chi connectivity index (χ1n) is 15.5. The van der Waals surface area contributed by atoms with Crippen molar-refractivity contribution in [2.75, 3.05) is 0 Å². The predicted octanol–water partition coefficient (Wildman–Crippen LogP) is 5.80. The molecule has 3 rings (SSSR count). The summed E-state index contributed by atoms with van der Waals surface area (Å²) in [5.74, 6) is -1.99. The molecule has 236 valence electrons. The van der Waals surface area contributed by atoms with Crippen LogP contribution in [-0.4, -0.2) is 56.1 Å². The number of carbonyl (C=O) groups excluding carboxylic acids is 3. The Labute approximate surface area is 252 Å². The second-order valence-corrected chi connectivity index (χ2v) is 15.3. The molecule has 0 aromatic carbocycles. The number of ketones is 3. The van der Waals surface area contributed by atoms with Crippen molar-refractivity contribution in [3.63, 3.8) is 0 Å². The van der Waals surface area contributed by atoms with Gasteiger partial charge in [-0.1, -0.05) is 44.1 Å². The molecule has 7 nitrogen and oxygen atoms in total. The molecule has 1 saturated heterocycles. The maximum absolute atomic E-state index is 15.3. The second kappa shape index (κ2) is 11.4. The van der Waals surface area contributed by atoms with E-state index in [2.05, 4.69) is 0 Å². The van der Waals surface area contributed by atoms with Gasteiger partial charge >= 0.3 is 0 Å². The van der Waals surface area contributed by atoms with Crippen LogP contribution in [0.15, 0.2) is 34.6 Å². The van der Waals surface area contributed by atoms with Crippen LogP contribution >= 0.6 is 0 Å². The van der Waals surface area contributed by atoms with Gasteiger partial charge in [-0.15, -0.1) is 0 Å². The minimum atomic E-state index is -1.78. The molecule has 2 aliphatic carbocycles. The van der Waals surface area contributed by atoms with E-state index in [1.807, 2.05) is 46.8 Å². The molecule has 0 amide bonds. The molecule has 42 heavy (non-hydrogen) atoms. The van der Waals surface area contributed by atoms with E-state index in [-0.39, 0.29) is 43.0 Å². The second-order valence-electron chi connectivity index (χ2n) is 15.3. The van der Waals surface area contributed by atoms with Crippen molar-refractivity contribution in [1.82, 2.24) is 0 Å². The van der Waals surface area contributed by atoms with Gasteiger partial charge in [0.1, 0.15) is 11.9 Å². The molecule has 3 N–H and O–H groups in total. The Hall–Kier alpha value is -2.09. The lowest BCUT2D eigenvalue weighted by atomic mass is 9.38. The maximum atomic E-state index is 15.3. The Kier molecular flexibility index (Phi) is 9.37. The van der Waals surface area contributed by atoms with E-state index in [0.717, 1.165) is 11.1 Å². The molecular formula is C35H54O7. The van der Waals surface area contributed by atoms with Gasteiger partial charge in [-0.3, -0.25) is 14.4 Å². The monoisotopic (exact) mass is 586 g/mol. The highest BCUT2D eigenvalue weighted by molar-refractivity contribution is 6.27. The summed E-state index contributed by atoms with van der Waals surface area (Å²) >= 11 is 0. The first-order valence-corrected chi connectivity index (χ1v) is 15.5. The lowest BCUT2D eigenvalue weighted by molar-refractivity contribution is -0.182. The van der Waals surface area contributed by atoms with Crippen molar-refractivity contribution >= 4 is 17.3 Å². The largest absolute Gasteiger partial charge is 0.490 e. The Morgan fingerprint density at radius 3 is 2.10 bits per heavy atom. The minimum Gasteiger partial charge on any atom is -0.490 e. The highest BCUT2D eigenvalue weighted by Crippen LogP contribution is 2.70. The third-order valence-electron chi connectivity index (χ3n) is 10.2. The Balaban J connectivity index is 2.56. The average Bonchev–Trinajstić information content (AvgIpc) is 2.99. The number of carbonyl (C=O) groups is 3. The van der Waals surface area contributed by atoms with Crippen molar-refractivity contribution < 1.29 is 34.4 Å². The Bertz CT molecular complexity index is 1200. The fourth-order valence-electron chi connectivity index (χ4n) is 7.50. The van der Waals surface area contributed by atoms with Gasteiger partial charge in [0.05, 0.1) is 22.7 Å². The van der Waals surface area contributed by atoms with E-state index in [9.17, 15) is 24.9 Å². The van der Waals surface area contributed by atoms with Crippen molar-refractivity contribution in [2.24, 2.45) is 28.1 Å². The van der Waals surface area contributed by atoms with Crippen molar-refractivity contribution in [2.45, 2.75) is 138 Å². The number of ether oxygens (including phenoxy) is 1. The number of hydrogen-bond donors (Lipinski definition) is 3. The third-order valence-corrected chi connectivity index (χ3v) is 10.2. The number of hydrogen-bond acceptors (Lipinski definition) is 7. The van der Waals surface area contributed by atoms with E-state index in [1.54, 1.807) is 27.7 Å². The van der Waals surface area contributed by atoms with Crippen LogP contribution in [0, 0.1) is 28.1 Å². The summed E-state index contributed by atoms with van der Waals surface area (Å²) in [7, 11) is 0. The van der Waals surface area contributed by atoms with Gasteiger partial charge in [0.25, 0.3) is 0 Å². The summed E-state index contributed by atoms with van der Waals surface area (Å²) in [5, 5.41) is 33.2. The van der Waals surface area contributed by atoms with Gasteiger partial charge in [0.15, 0.2) is 22.8 Å². The molecule has 1 heterocycles. The lowest BCUT2D eigenvalue weighted by Gasteiger charge is -2.61. The number of fused-ring (bicyclic) bond motifs is 1. The lowest BCUT2D eigenvalue weighted by Crippen LogP contribution is -2.70. The van der Waals surface area contributed by atoms with E-state index >= 15 is 4.79 Å². The molecule has 0 radical (unpaired) electrons.